The predicted molar refractivity (Wildman–Crippen MR) is 65.8 cm³/mol. The SMILES string of the molecule is CCS(=O)(=O)NC(CN)c1ccccc1Cl. The molecule has 0 fully saturated rings. The van der Waals surface area contributed by atoms with Crippen LogP contribution in [0.25, 0.3) is 0 Å². The first-order chi connectivity index (χ1) is 7.50. The third kappa shape index (κ3) is 3.45. The summed E-state index contributed by atoms with van der Waals surface area (Å²) in [4.78, 5) is 0. The Kier molecular flexibility index (Phi) is 4.73. The van der Waals surface area contributed by atoms with Crippen molar-refractivity contribution in [2.75, 3.05) is 12.3 Å². The Balaban J connectivity index is 2.96. The molecule has 0 bridgehead atoms. The molecular weight excluding hydrogens is 248 g/mol. The highest BCUT2D eigenvalue weighted by molar-refractivity contribution is 7.89. The summed E-state index contributed by atoms with van der Waals surface area (Å²) in [6.45, 7) is 1.74. The molecule has 0 amide bonds. The molecule has 0 saturated heterocycles. The fraction of sp³-hybridized carbons (Fsp3) is 0.400. The zero-order valence-corrected chi connectivity index (χ0v) is 10.6. The van der Waals surface area contributed by atoms with E-state index in [1.54, 1.807) is 31.2 Å². The molecule has 0 spiro atoms. The number of hydrogen-bond donors (Lipinski definition) is 2. The van der Waals surface area contributed by atoms with Gasteiger partial charge in [0.25, 0.3) is 0 Å². The minimum absolute atomic E-state index is 0.0218. The first kappa shape index (κ1) is 13.4. The zero-order chi connectivity index (χ0) is 12.2. The maximum atomic E-state index is 11.4. The molecule has 3 N–H and O–H groups in total. The van der Waals surface area contributed by atoms with Gasteiger partial charge in [0.1, 0.15) is 0 Å². The highest BCUT2D eigenvalue weighted by atomic mass is 35.5. The summed E-state index contributed by atoms with van der Waals surface area (Å²) >= 11 is 5.98. The van der Waals surface area contributed by atoms with E-state index in [0.717, 1.165) is 0 Å². The lowest BCUT2D eigenvalue weighted by molar-refractivity contribution is 0.559. The van der Waals surface area contributed by atoms with Crippen molar-refractivity contribution in [2.24, 2.45) is 5.73 Å². The van der Waals surface area contributed by atoms with Crippen LogP contribution < -0.4 is 10.5 Å². The quantitative estimate of drug-likeness (QED) is 0.840. The summed E-state index contributed by atoms with van der Waals surface area (Å²) in [5.74, 6) is 0.0218. The molecule has 1 rings (SSSR count). The highest BCUT2D eigenvalue weighted by Crippen LogP contribution is 2.22. The molecule has 0 aliphatic carbocycles. The molecular formula is C10H15ClN2O2S. The van der Waals surface area contributed by atoms with Gasteiger partial charge in [-0.25, -0.2) is 13.1 Å². The second kappa shape index (κ2) is 5.63. The lowest BCUT2D eigenvalue weighted by Crippen LogP contribution is -2.34. The third-order valence-corrected chi connectivity index (χ3v) is 3.97. The molecule has 4 nitrogen and oxygen atoms in total. The smallest absolute Gasteiger partial charge is 0.211 e. The van der Waals surface area contributed by atoms with Crippen molar-refractivity contribution in [2.45, 2.75) is 13.0 Å². The van der Waals surface area contributed by atoms with Gasteiger partial charge in [0.2, 0.25) is 10.0 Å². The van der Waals surface area contributed by atoms with Gasteiger partial charge < -0.3 is 5.73 Å². The minimum atomic E-state index is -3.28. The predicted octanol–water partition coefficient (Wildman–Crippen LogP) is 1.28. The van der Waals surface area contributed by atoms with Crippen LogP contribution in [0.3, 0.4) is 0 Å². The average Bonchev–Trinajstić information content (AvgIpc) is 2.27. The van der Waals surface area contributed by atoms with E-state index in [-0.39, 0.29) is 12.3 Å². The molecule has 1 aromatic carbocycles. The van der Waals surface area contributed by atoms with Gasteiger partial charge in [-0.3, -0.25) is 0 Å². The molecule has 0 saturated carbocycles. The summed E-state index contributed by atoms with van der Waals surface area (Å²) in [6.07, 6.45) is 0. The standard InChI is InChI=1S/C10H15ClN2O2S/c1-2-16(14,15)13-10(7-12)8-5-3-4-6-9(8)11/h3-6,10,13H,2,7,12H2,1H3. The van der Waals surface area contributed by atoms with E-state index >= 15 is 0 Å². The molecule has 16 heavy (non-hydrogen) atoms. The van der Waals surface area contributed by atoms with E-state index in [1.807, 2.05) is 0 Å². The van der Waals surface area contributed by atoms with Gasteiger partial charge in [-0.05, 0) is 18.6 Å². The number of sulfonamides is 1. The Morgan fingerprint density at radius 2 is 2.06 bits per heavy atom. The van der Waals surface area contributed by atoms with Gasteiger partial charge >= 0.3 is 0 Å². The molecule has 1 unspecified atom stereocenters. The van der Waals surface area contributed by atoms with Gasteiger partial charge in [-0.2, -0.15) is 0 Å². The van der Waals surface area contributed by atoms with Crippen LogP contribution in [-0.4, -0.2) is 20.7 Å². The number of hydrogen-bond acceptors (Lipinski definition) is 3. The van der Waals surface area contributed by atoms with Crippen molar-refractivity contribution in [1.82, 2.24) is 4.72 Å². The summed E-state index contributed by atoms with van der Waals surface area (Å²) in [6, 6.07) is 6.58. The lowest BCUT2D eigenvalue weighted by atomic mass is 10.1. The van der Waals surface area contributed by atoms with Crippen molar-refractivity contribution < 1.29 is 8.42 Å². The average molecular weight is 263 g/mol. The Morgan fingerprint density at radius 3 is 2.56 bits per heavy atom. The van der Waals surface area contributed by atoms with E-state index in [4.69, 9.17) is 17.3 Å². The monoisotopic (exact) mass is 262 g/mol. The Hall–Kier alpha value is -0.620. The van der Waals surface area contributed by atoms with Crippen LogP contribution in [0.4, 0.5) is 0 Å². The molecule has 0 aliphatic heterocycles. The maximum Gasteiger partial charge on any atom is 0.211 e. The maximum absolute atomic E-state index is 11.4. The van der Waals surface area contributed by atoms with Gasteiger partial charge in [-0.15, -0.1) is 0 Å². The first-order valence-electron chi connectivity index (χ1n) is 4.94. The Morgan fingerprint density at radius 1 is 1.44 bits per heavy atom. The molecule has 1 atom stereocenters. The van der Waals surface area contributed by atoms with Crippen LogP contribution in [0.15, 0.2) is 24.3 Å². The van der Waals surface area contributed by atoms with Crippen molar-refractivity contribution in [3.05, 3.63) is 34.9 Å². The van der Waals surface area contributed by atoms with Crippen molar-refractivity contribution in [3.8, 4) is 0 Å². The summed E-state index contributed by atoms with van der Waals surface area (Å²) in [5.41, 5.74) is 6.25. The van der Waals surface area contributed by atoms with E-state index in [0.29, 0.717) is 10.6 Å². The van der Waals surface area contributed by atoms with Crippen LogP contribution >= 0.6 is 11.6 Å². The van der Waals surface area contributed by atoms with Crippen LogP contribution in [0.1, 0.15) is 18.5 Å². The Bertz CT molecular complexity index is 448. The molecule has 6 heteroatoms. The van der Waals surface area contributed by atoms with Crippen LogP contribution in [0, 0.1) is 0 Å². The first-order valence-corrected chi connectivity index (χ1v) is 6.97. The number of rotatable bonds is 5. The van der Waals surface area contributed by atoms with E-state index in [1.165, 1.54) is 0 Å². The zero-order valence-electron chi connectivity index (χ0n) is 8.98. The van der Waals surface area contributed by atoms with E-state index < -0.39 is 16.1 Å². The second-order valence-corrected chi connectivity index (χ2v) is 5.78. The summed E-state index contributed by atoms with van der Waals surface area (Å²) in [7, 11) is -3.28. The van der Waals surface area contributed by atoms with E-state index in [9.17, 15) is 8.42 Å². The minimum Gasteiger partial charge on any atom is -0.329 e. The fourth-order valence-corrected chi connectivity index (χ4v) is 2.39. The number of nitrogens with two attached hydrogens (primary N) is 1. The molecule has 0 heterocycles. The number of halogens is 1. The highest BCUT2D eigenvalue weighted by Gasteiger charge is 2.18. The summed E-state index contributed by atoms with van der Waals surface area (Å²) < 4.78 is 25.4. The van der Waals surface area contributed by atoms with Crippen LogP contribution in [0.5, 0.6) is 0 Å². The fourth-order valence-electron chi connectivity index (χ4n) is 1.30. The lowest BCUT2D eigenvalue weighted by Gasteiger charge is -2.17. The van der Waals surface area contributed by atoms with E-state index in [2.05, 4.69) is 4.72 Å². The summed E-state index contributed by atoms with van der Waals surface area (Å²) in [5, 5.41) is 0.511. The van der Waals surface area contributed by atoms with Crippen LogP contribution in [-0.2, 0) is 10.0 Å². The van der Waals surface area contributed by atoms with Crippen LogP contribution in [0.2, 0.25) is 5.02 Å². The number of benzene rings is 1. The third-order valence-electron chi connectivity index (χ3n) is 2.22. The van der Waals surface area contributed by atoms with Crippen molar-refractivity contribution >= 4 is 21.6 Å². The molecule has 90 valence electrons. The van der Waals surface area contributed by atoms with Gasteiger partial charge in [0.05, 0.1) is 11.8 Å². The molecule has 0 aliphatic rings. The van der Waals surface area contributed by atoms with Crippen molar-refractivity contribution in [1.29, 1.82) is 0 Å². The normalized spacial score (nSPS) is 13.7. The Labute approximate surface area is 101 Å². The van der Waals surface area contributed by atoms with Crippen molar-refractivity contribution in [3.63, 3.8) is 0 Å². The number of nitrogens with one attached hydrogen (secondary N) is 1. The van der Waals surface area contributed by atoms with Gasteiger partial charge in [0.15, 0.2) is 0 Å². The molecule has 0 aromatic heterocycles. The van der Waals surface area contributed by atoms with Gasteiger partial charge in [0, 0.05) is 11.6 Å². The largest absolute Gasteiger partial charge is 0.329 e. The molecule has 0 radical (unpaired) electrons. The van der Waals surface area contributed by atoms with Gasteiger partial charge in [-0.1, -0.05) is 29.8 Å². The topological polar surface area (TPSA) is 72.2 Å². The molecule has 1 aromatic rings. The second-order valence-electron chi connectivity index (χ2n) is 3.33.